The Morgan fingerprint density at radius 2 is 2.03 bits per heavy atom. The highest BCUT2D eigenvalue weighted by molar-refractivity contribution is 14.0. The van der Waals surface area contributed by atoms with E-state index in [0.717, 1.165) is 18.7 Å². The van der Waals surface area contributed by atoms with Crippen LogP contribution in [0.3, 0.4) is 0 Å². The molecular weight excluding hydrogens is 481 g/mol. The molecular formula is C21H34IN5O2. The molecule has 1 heterocycles. The molecule has 8 heteroatoms. The van der Waals surface area contributed by atoms with Crippen LogP contribution in [-0.4, -0.2) is 47.1 Å². The Bertz CT molecular complexity index is 734. The number of nitrogens with zero attached hydrogens (tertiary/aromatic N) is 3. The smallest absolute Gasteiger partial charge is 0.191 e. The Hall–Kier alpha value is -1.65. The molecule has 2 unspecified atom stereocenters. The number of aliphatic hydroxyl groups is 1. The first-order valence-corrected chi connectivity index (χ1v) is 9.76. The van der Waals surface area contributed by atoms with E-state index in [2.05, 4.69) is 39.8 Å². The van der Waals surface area contributed by atoms with Crippen LogP contribution in [-0.2, 0) is 24.0 Å². The van der Waals surface area contributed by atoms with Crippen molar-refractivity contribution in [2.75, 3.05) is 26.2 Å². The molecule has 7 nitrogen and oxygen atoms in total. The standard InChI is InChI=1S/C21H33N5O2.HI/c1-5-22-20(24-16-21(3,27)19-12-25-26(4)13-19)23-11-17(2)14-28-15-18-9-7-6-8-10-18;/h6-10,12-13,17,27H,5,11,14-16H2,1-4H3,(H2,22,23,24);1H. The predicted octanol–water partition coefficient (Wildman–Crippen LogP) is 2.65. The molecule has 1 aromatic carbocycles. The van der Waals surface area contributed by atoms with E-state index in [1.54, 1.807) is 17.8 Å². The zero-order chi connectivity index (χ0) is 20.4. The van der Waals surface area contributed by atoms with E-state index in [1.807, 2.05) is 38.4 Å². The quantitative estimate of drug-likeness (QED) is 0.258. The highest BCUT2D eigenvalue weighted by atomic mass is 127. The molecule has 0 aliphatic carbocycles. The summed E-state index contributed by atoms with van der Waals surface area (Å²) < 4.78 is 7.47. The summed E-state index contributed by atoms with van der Waals surface area (Å²) in [4.78, 5) is 4.54. The van der Waals surface area contributed by atoms with Crippen LogP contribution in [0, 0.1) is 5.92 Å². The minimum Gasteiger partial charge on any atom is -0.383 e. The predicted molar refractivity (Wildman–Crippen MR) is 127 cm³/mol. The average molecular weight is 515 g/mol. The first-order valence-electron chi connectivity index (χ1n) is 9.76. The summed E-state index contributed by atoms with van der Waals surface area (Å²) in [5, 5.41) is 21.3. The van der Waals surface area contributed by atoms with Crippen LogP contribution in [0.4, 0.5) is 0 Å². The minimum atomic E-state index is -1.07. The van der Waals surface area contributed by atoms with Gasteiger partial charge in [0.05, 0.1) is 26.0 Å². The van der Waals surface area contributed by atoms with Crippen LogP contribution in [0.1, 0.15) is 31.9 Å². The topological polar surface area (TPSA) is 83.7 Å². The molecule has 0 bridgehead atoms. The Morgan fingerprint density at radius 1 is 1.31 bits per heavy atom. The first kappa shape index (κ1) is 25.4. The van der Waals surface area contributed by atoms with Gasteiger partial charge in [-0.15, -0.1) is 24.0 Å². The van der Waals surface area contributed by atoms with Gasteiger partial charge in [-0.25, -0.2) is 4.99 Å². The number of halogens is 1. The summed E-state index contributed by atoms with van der Waals surface area (Å²) in [6, 6.07) is 10.2. The van der Waals surface area contributed by atoms with Crippen LogP contribution in [0.2, 0.25) is 0 Å². The van der Waals surface area contributed by atoms with Crippen molar-refractivity contribution < 1.29 is 9.84 Å². The summed E-state index contributed by atoms with van der Waals surface area (Å²) in [6.45, 7) is 8.90. The number of guanidine groups is 1. The number of aryl methyl sites for hydroxylation is 1. The Balaban J connectivity index is 0.00000420. The number of hydrogen-bond donors (Lipinski definition) is 3. The van der Waals surface area contributed by atoms with Crippen molar-refractivity contribution in [3.05, 3.63) is 53.9 Å². The van der Waals surface area contributed by atoms with Crippen molar-refractivity contribution in [3.63, 3.8) is 0 Å². The lowest BCUT2D eigenvalue weighted by molar-refractivity contribution is 0.0671. The van der Waals surface area contributed by atoms with E-state index >= 15 is 0 Å². The van der Waals surface area contributed by atoms with Gasteiger partial charge in [0.2, 0.25) is 0 Å². The normalized spacial score (nSPS) is 14.6. The SMILES string of the molecule is CCNC(=NCC(C)(O)c1cnn(C)c1)NCC(C)COCc1ccccc1.I. The molecule has 0 amide bonds. The fourth-order valence-corrected chi connectivity index (χ4v) is 2.65. The van der Waals surface area contributed by atoms with Crippen LogP contribution in [0.25, 0.3) is 0 Å². The Kier molecular flexibility index (Phi) is 11.2. The molecule has 2 aromatic rings. The zero-order valence-corrected chi connectivity index (χ0v) is 20.1. The van der Waals surface area contributed by atoms with Gasteiger partial charge in [-0.2, -0.15) is 5.10 Å². The van der Waals surface area contributed by atoms with Crippen LogP contribution in [0.15, 0.2) is 47.7 Å². The summed E-state index contributed by atoms with van der Waals surface area (Å²) in [6.07, 6.45) is 3.48. The Labute approximate surface area is 191 Å². The van der Waals surface area contributed by atoms with Crippen LogP contribution >= 0.6 is 24.0 Å². The second-order valence-electron chi connectivity index (χ2n) is 7.36. The summed E-state index contributed by atoms with van der Waals surface area (Å²) in [7, 11) is 1.83. The van der Waals surface area contributed by atoms with Gasteiger partial charge in [0, 0.05) is 31.9 Å². The average Bonchev–Trinajstić information content (AvgIpc) is 3.12. The number of aliphatic imine (C=N–C) groups is 1. The molecule has 0 radical (unpaired) electrons. The van der Waals surface area contributed by atoms with Gasteiger partial charge in [-0.3, -0.25) is 4.68 Å². The number of aromatic nitrogens is 2. The molecule has 162 valence electrons. The van der Waals surface area contributed by atoms with Crippen molar-refractivity contribution >= 4 is 29.9 Å². The van der Waals surface area contributed by atoms with Crippen LogP contribution < -0.4 is 10.6 Å². The number of hydrogen-bond acceptors (Lipinski definition) is 4. The lowest BCUT2D eigenvalue weighted by Crippen LogP contribution is -2.41. The second kappa shape index (κ2) is 12.8. The van der Waals surface area contributed by atoms with Crippen molar-refractivity contribution in [2.45, 2.75) is 33.0 Å². The summed E-state index contributed by atoms with van der Waals surface area (Å²) in [5.41, 5.74) is 0.855. The van der Waals surface area contributed by atoms with E-state index < -0.39 is 5.60 Å². The van der Waals surface area contributed by atoms with Gasteiger partial charge in [0.15, 0.2) is 5.96 Å². The molecule has 0 saturated carbocycles. The molecule has 3 N–H and O–H groups in total. The van der Waals surface area contributed by atoms with Gasteiger partial charge in [-0.05, 0) is 25.3 Å². The summed E-state index contributed by atoms with van der Waals surface area (Å²) >= 11 is 0. The largest absolute Gasteiger partial charge is 0.383 e. The lowest BCUT2D eigenvalue weighted by atomic mass is 10.0. The number of benzene rings is 1. The maximum Gasteiger partial charge on any atom is 0.191 e. The van der Waals surface area contributed by atoms with Gasteiger partial charge in [0.25, 0.3) is 0 Å². The van der Waals surface area contributed by atoms with Gasteiger partial charge in [0.1, 0.15) is 5.60 Å². The maximum absolute atomic E-state index is 10.7. The molecule has 0 saturated heterocycles. The van der Waals surface area contributed by atoms with E-state index in [0.29, 0.717) is 25.1 Å². The molecule has 0 spiro atoms. The molecule has 2 atom stereocenters. The fraction of sp³-hybridized carbons (Fsp3) is 0.524. The maximum atomic E-state index is 10.7. The van der Waals surface area contributed by atoms with Crippen molar-refractivity contribution in [1.82, 2.24) is 20.4 Å². The molecule has 29 heavy (non-hydrogen) atoms. The zero-order valence-electron chi connectivity index (χ0n) is 17.8. The second-order valence-corrected chi connectivity index (χ2v) is 7.36. The highest BCUT2D eigenvalue weighted by Crippen LogP contribution is 2.19. The lowest BCUT2D eigenvalue weighted by Gasteiger charge is -2.21. The van der Waals surface area contributed by atoms with Gasteiger partial charge < -0.3 is 20.5 Å². The third-order valence-corrected chi connectivity index (χ3v) is 4.35. The Morgan fingerprint density at radius 3 is 2.66 bits per heavy atom. The highest BCUT2D eigenvalue weighted by Gasteiger charge is 2.24. The summed E-state index contributed by atoms with van der Waals surface area (Å²) in [5.74, 6) is 1.01. The van der Waals surface area contributed by atoms with E-state index in [-0.39, 0.29) is 30.5 Å². The molecule has 1 aromatic heterocycles. The molecule has 0 aliphatic rings. The number of rotatable bonds is 10. The van der Waals surface area contributed by atoms with Crippen LogP contribution in [0.5, 0.6) is 0 Å². The van der Waals surface area contributed by atoms with Crippen molar-refractivity contribution in [1.29, 1.82) is 0 Å². The van der Waals surface area contributed by atoms with Gasteiger partial charge >= 0.3 is 0 Å². The first-order chi connectivity index (χ1) is 13.4. The van der Waals surface area contributed by atoms with E-state index in [9.17, 15) is 5.11 Å². The molecule has 2 rings (SSSR count). The van der Waals surface area contributed by atoms with Crippen molar-refractivity contribution in [2.24, 2.45) is 18.0 Å². The number of nitrogens with one attached hydrogen (secondary N) is 2. The monoisotopic (exact) mass is 515 g/mol. The molecule has 0 fully saturated rings. The fourth-order valence-electron chi connectivity index (χ4n) is 2.65. The van der Waals surface area contributed by atoms with Crippen molar-refractivity contribution in [3.8, 4) is 0 Å². The van der Waals surface area contributed by atoms with E-state index in [1.165, 1.54) is 5.56 Å². The number of ether oxygens (including phenoxy) is 1. The van der Waals surface area contributed by atoms with E-state index in [4.69, 9.17) is 4.74 Å². The minimum absolute atomic E-state index is 0. The third-order valence-electron chi connectivity index (χ3n) is 4.35. The van der Waals surface area contributed by atoms with Gasteiger partial charge in [-0.1, -0.05) is 37.3 Å². The third kappa shape index (κ3) is 9.14. The molecule has 0 aliphatic heterocycles.